The lowest BCUT2D eigenvalue weighted by Gasteiger charge is -2.21. The van der Waals surface area contributed by atoms with E-state index in [4.69, 9.17) is 4.74 Å². The molecule has 1 aromatic heterocycles. The molecule has 3 rings (SSSR count). The fourth-order valence-corrected chi connectivity index (χ4v) is 2.65. The summed E-state index contributed by atoms with van der Waals surface area (Å²) in [5.74, 6) is 0.603. The van der Waals surface area contributed by atoms with Crippen LogP contribution in [0.1, 0.15) is 29.8 Å². The van der Waals surface area contributed by atoms with E-state index in [0.29, 0.717) is 18.0 Å². The number of aromatic nitrogens is 1. The van der Waals surface area contributed by atoms with Gasteiger partial charge < -0.3 is 4.74 Å². The average molecular weight is 255 g/mol. The smallest absolute Gasteiger partial charge is 0.182 e. The van der Waals surface area contributed by atoms with E-state index in [1.165, 1.54) is 0 Å². The van der Waals surface area contributed by atoms with Gasteiger partial charge in [-0.2, -0.15) is 0 Å². The van der Waals surface area contributed by atoms with Gasteiger partial charge in [0.2, 0.25) is 0 Å². The van der Waals surface area contributed by atoms with Crippen molar-refractivity contribution < 1.29 is 9.53 Å². The Morgan fingerprint density at radius 2 is 2.00 bits per heavy atom. The van der Waals surface area contributed by atoms with E-state index in [2.05, 4.69) is 4.98 Å². The van der Waals surface area contributed by atoms with Crippen LogP contribution in [0, 0.1) is 5.92 Å². The lowest BCUT2D eigenvalue weighted by molar-refractivity contribution is 0.0600. The van der Waals surface area contributed by atoms with Crippen LogP contribution in [-0.2, 0) is 4.74 Å². The first-order valence-electron chi connectivity index (χ1n) is 6.79. The quantitative estimate of drug-likeness (QED) is 0.790. The molecule has 0 radical (unpaired) electrons. The Morgan fingerprint density at radius 3 is 2.84 bits per heavy atom. The molecule has 0 amide bonds. The number of carbonyl (C=O) groups excluding carboxylic acids is 1. The van der Waals surface area contributed by atoms with Gasteiger partial charge in [-0.1, -0.05) is 24.3 Å². The second-order valence-corrected chi connectivity index (χ2v) is 5.06. The Hall–Kier alpha value is -1.74. The van der Waals surface area contributed by atoms with Crippen LogP contribution in [0.2, 0.25) is 0 Å². The highest BCUT2D eigenvalue weighted by Crippen LogP contribution is 2.23. The molecule has 0 saturated carbocycles. The fourth-order valence-electron chi connectivity index (χ4n) is 2.65. The predicted molar refractivity (Wildman–Crippen MR) is 74.2 cm³/mol. The van der Waals surface area contributed by atoms with Gasteiger partial charge in [0, 0.05) is 31.2 Å². The number of Topliss-reactive ketones (excluding diaryl/α,β-unsaturated/α-hetero) is 1. The van der Waals surface area contributed by atoms with Gasteiger partial charge in [-0.25, -0.2) is 0 Å². The zero-order valence-electron chi connectivity index (χ0n) is 10.8. The minimum absolute atomic E-state index is 0.156. The molecule has 0 N–H and O–H groups in total. The molecule has 1 aliphatic rings. The maximum atomic E-state index is 12.4. The summed E-state index contributed by atoms with van der Waals surface area (Å²) in [5, 5.41) is 2.04. The van der Waals surface area contributed by atoms with Crippen LogP contribution in [0.5, 0.6) is 0 Å². The molecule has 1 aliphatic heterocycles. The summed E-state index contributed by atoms with van der Waals surface area (Å²) in [6, 6.07) is 9.87. The van der Waals surface area contributed by atoms with Crippen LogP contribution in [0.15, 0.2) is 36.5 Å². The van der Waals surface area contributed by atoms with Crippen LogP contribution < -0.4 is 0 Å². The van der Waals surface area contributed by atoms with Gasteiger partial charge in [0.25, 0.3) is 0 Å². The van der Waals surface area contributed by atoms with Crippen LogP contribution in [0.25, 0.3) is 10.8 Å². The molecule has 3 heteroatoms. The number of ketones is 1. The molecular formula is C16H17NO2. The third-order valence-corrected chi connectivity index (χ3v) is 3.75. The van der Waals surface area contributed by atoms with E-state index in [0.717, 1.165) is 36.8 Å². The second kappa shape index (κ2) is 5.49. The largest absolute Gasteiger partial charge is 0.381 e. The highest BCUT2D eigenvalue weighted by Gasteiger charge is 2.20. The van der Waals surface area contributed by atoms with Gasteiger partial charge in [0.05, 0.1) is 0 Å². The van der Waals surface area contributed by atoms with E-state index >= 15 is 0 Å². The van der Waals surface area contributed by atoms with Gasteiger partial charge in [0.1, 0.15) is 5.69 Å². The average Bonchev–Trinajstić information content (AvgIpc) is 2.47. The third kappa shape index (κ3) is 2.66. The maximum Gasteiger partial charge on any atom is 0.182 e. The van der Waals surface area contributed by atoms with Crippen molar-refractivity contribution in [2.45, 2.75) is 19.3 Å². The summed E-state index contributed by atoms with van der Waals surface area (Å²) in [6.45, 7) is 1.56. The van der Waals surface area contributed by atoms with E-state index in [9.17, 15) is 4.79 Å². The van der Waals surface area contributed by atoms with Gasteiger partial charge in [0.15, 0.2) is 5.78 Å². The van der Waals surface area contributed by atoms with Gasteiger partial charge >= 0.3 is 0 Å². The Bertz CT molecular complexity index is 583. The molecule has 0 aliphatic carbocycles. The number of fused-ring (bicyclic) bond motifs is 1. The van der Waals surface area contributed by atoms with Gasteiger partial charge in [-0.3, -0.25) is 9.78 Å². The van der Waals surface area contributed by atoms with Gasteiger partial charge in [-0.05, 0) is 30.2 Å². The standard InChI is InChI=1S/C16H17NO2/c18-15(11-12-6-9-19-10-7-12)16-14-4-2-1-3-13(14)5-8-17-16/h1-5,8,12H,6-7,9-11H2. The number of ether oxygens (including phenoxy) is 1. The molecule has 0 bridgehead atoms. The van der Waals surface area contributed by atoms with Crippen molar-refractivity contribution in [3.63, 3.8) is 0 Å². The van der Waals surface area contributed by atoms with Crippen molar-refractivity contribution in [1.82, 2.24) is 4.98 Å². The summed E-state index contributed by atoms with van der Waals surface area (Å²) in [5.41, 5.74) is 0.615. The first-order chi connectivity index (χ1) is 9.34. The summed E-state index contributed by atoms with van der Waals surface area (Å²) in [4.78, 5) is 16.7. The number of benzene rings is 1. The molecule has 1 fully saturated rings. The zero-order valence-corrected chi connectivity index (χ0v) is 10.8. The highest BCUT2D eigenvalue weighted by atomic mass is 16.5. The van der Waals surface area contributed by atoms with Crippen LogP contribution in [0.4, 0.5) is 0 Å². The van der Waals surface area contributed by atoms with Crippen LogP contribution >= 0.6 is 0 Å². The molecule has 1 aromatic carbocycles. The Labute approximate surface area is 112 Å². The lowest BCUT2D eigenvalue weighted by atomic mass is 9.92. The van der Waals surface area contributed by atoms with Crippen LogP contribution in [-0.4, -0.2) is 24.0 Å². The second-order valence-electron chi connectivity index (χ2n) is 5.06. The lowest BCUT2D eigenvalue weighted by Crippen LogP contribution is -2.19. The third-order valence-electron chi connectivity index (χ3n) is 3.75. The number of rotatable bonds is 3. The monoisotopic (exact) mass is 255 g/mol. The van der Waals surface area contributed by atoms with Crippen molar-refractivity contribution in [2.24, 2.45) is 5.92 Å². The first kappa shape index (κ1) is 12.3. The number of carbonyl (C=O) groups is 1. The molecule has 1 saturated heterocycles. The van der Waals surface area contributed by atoms with E-state index in [1.54, 1.807) is 6.20 Å². The van der Waals surface area contributed by atoms with E-state index in [1.807, 2.05) is 30.3 Å². The minimum Gasteiger partial charge on any atom is -0.381 e. The van der Waals surface area contributed by atoms with Crippen molar-refractivity contribution in [3.05, 3.63) is 42.2 Å². The van der Waals surface area contributed by atoms with Crippen molar-refractivity contribution in [2.75, 3.05) is 13.2 Å². The van der Waals surface area contributed by atoms with Crippen molar-refractivity contribution in [3.8, 4) is 0 Å². The Morgan fingerprint density at radius 1 is 1.21 bits per heavy atom. The van der Waals surface area contributed by atoms with E-state index in [-0.39, 0.29) is 5.78 Å². The summed E-state index contributed by atoms with van der Waals surface area (Å²) in [6.07, 6.45) is 4.27. The SMILES string of the molecule is O=C(CC1CCOCC1)c1nccc2ccccc12. The number of hydrogen-bond acceptors (Lipinski definition) is 3. The predicted octanol–water partition coefficient (Wildman–Crippen LogP) is 3.23. The molecule has 19 heavy (non-hydrogen) atoms. The normalized spacial score (nSPS) is 16.6. The molecule has 0 spiro atoms. The van der Waals surface area contributed by atoms with Crippen molar-refractivity contribution >= 4 is 16.6 Å². The molecule has 3 nitrogen and oxygen atoms in total. The van der Waals surface area contributed by atoms with E-state index < -0.39 is 0 Å². The molecule has 0 unspecified atom stereocenters. The topological polar surface area (TPSA) is 39.2 Å². The highest BCUT2D eigenvalue weighted by molar-refractivity contribution is 6.06. The molecule has 0 atom stereocenters. The fraction of sp³-hybridized carbons (Fsp3) is 0.375. The minimum atomic E-state index is 0.156. The summed E-state index contributed by atoms with van der Waals surface area (Å²) >= 11 is 0. The Kier molecular flexibility index (Phi) is 3.56. The zero-order chi connectivity index (χ0) is 13.1. The number of pyridine rings is 1. The number of nitrogens with zero attached hydrogens (tertiary/aromatic N) is 1. The summed E-state index contributed by atoms with van der Waals surface area (Å²) < 4.78 is 5.33. The van der Waals surface area contributed by atoms with Crippen molar-refractivity contribution in [1.29, 1.82) is 0 Å². The van der Waals surface area contributed by atoms with Crippen LogP contribution in [0.3, 0.4) is 0 Å². The maximum absolute atomic E-state index is 12.4. The molecule has 2 heterocycles. The molecular weight excluding hydrogens is 238 g/mol. The summed E-state index contributed by atoms with van der Waals surface area (Å²) in [7, 11) is 0. The first-order valence-corrected chi connectivity index (χ1v) is 6.79. The molecule has 98 valence electrons. The Balaban J connectivity index is 1.85. The van der Waals surface area contributed by atoms with Gasteiger partial charge in [-0.15, -0.1) is 0 Å². The molecule has 2 aromatic rings. The number of hydrogen-bond donors (Lipinski definition) is 0.